The van der Waals surface area contributed by atoms with E-state index in [-0.39, 0.29) is 4.90 Å². The first-order valence-corrected chi connectivity index (χ1v) is 5.65. The van der Waals surface area contributed by atoms with Crippen LogP contribution in [0.4, 0.5) is 0 Å². The Morgan fingerprint density at radius 1 is 1.33 bits per heavy atom. The highest BCUT2D eigenvalue weighted by molar-refractivity contribution is 7.89. The molecular weight excluding hydrogens is 216 g/mol. The third-order valence-corrected chi connectivity index (χ3v) is 2.75. The molecule has 0 amide bonds. The quantitative estimate of drug-likeness (QED) is 0.824. The number of nitrogens with zero attached hydrogens (tertiary/aromatic N) is 1. The second kappa shape index (κ2) is 3.48. The van der Waals surface area contributed by atoms with Gasteiger partial charge in [0.25, 0.3) is 0 Å². The summed E-state index contributed by atoms with van der Waals surface area (Å²) in [5.41, 5.74) is 0.575. The molecule has 1 aromatic carbocycles. The number of oxazole rings is 1. The fourth-order valence-electron chi connectivity index (χ4n) is 1.17. The summed E-state index contributed by atoms with van der Waals surface area (Å²) >= 11 is 0. The molecule has 0 saturated heterocycles. The molecule has 0 fully saturated rings. The van der Waals surface area contributed by atoms with Crippen LogP contribution in [0.2, 0.25) is 0 Å². The predicted molar refractivity (Wildman–Crippen MR) is 53.3 cm³/mol. The van der Waals surface area contributed by atoms with Gasteiger partial charge >= 0.3 is 0 Å². The molecule has 15 heavy (non-hydrogen) atoms. The minimum Gasteiger partial charge on any atom is -0.445 e. The Bertz CT molecular complexity index is 561. The molecule has 5 nitrogen and oxygen atoms in total. The molecule has 0 aliphatic carbocycles. The zero-order valence-electron chi connectivity index (χ0n) is 7.62. The number of sulfonamides is 1. The van der Waals surface area contributed by atoms with Crippen LogP contribution >= 0.6 is 0 Å². The molecule has 2 N–H and O–H groups in total. The summed E-state index contributed by atoms with van der Waals surface area (Å²) in [5.74, 6) is 0.362. The molecule has 78 valence electrons. The highest BCUT2D eigenvalue weighted by Crippen LogP contribution is 2.19. The van der Waals surface area contributed by atoms with E-state index in [0.29, 0.717) is 11.5 Å². The number of hydrogen-bond donors (Lipinski definition) is 1. The number of rotatable bonds is 2. The smallest absolute Gasteiger partial charge is 0.238 e. The normalized spacial score (nSPS) is 11.5. The van der Waals surface area contributed by atoms with Crippen molar-refractivity contribution >= 4 is 10.0 Å². The lowest BCUT2D eigenvalue weighted by Crippen LogP contribution is -2.11. The first kappa shape index (κ1) is 9.88. The molecule has 0 unspecified atom stereocenters. The van der Waals surface area contributed by atoms with Gasteiger partial charge in [-0.1, -0.05) is 6.07 Å². The topological polar surface area (TPSA) is 86.2 Å². The molecule has 0 saturated carbocycles. The summed E-state index contributed by atoms with van der Waals surface area (Å²) in [6, 6.07) is 6.11. The standard InChI is InChI=1S/C9H8N2O3S/c10-15(12,13)8-3-1-2-7(6-8)9-11-4-5-14-9/h1-6H,(H2,10,12,13). The van der Waals surface area contributed by atoms with Crippen molar-refractivity contribution in [2.75, 3.05) is 0 Å². The number of aromatic nitrogens is 1. The third-order valence-electron chi connectivity index (χ3n) is 1.84. The summed E-state index contributed by atoms with van der Waals surface area (Å²) in [7, 11) is -3.69. The van der Waals surface area contributed by atoms with E-state index < -0.39 is 10.0 Å². The SMILES string of the molecule is NS(=O)(=O)c1cccc(-c2ncco2)c1. The molecule has 6 heteroatoms. The van der Waals surface area contributed by atoms with Gasteiger partial charge < -0.3 is 4.42 Å². The molecule has 0 aliphatic rings. The van der Waals surface area contributed by atoms with Crippen LogP contribution in [0.15, 0.2) is 46.0 Å². The van der Waals surface area contributed by atoms with E-state index in [1.807, 2.05) is 0 Å². The van der Waals surface area contributed by atoms with E-state index in [0.717, 1.165) is 0 Å². The number of nitrogens with two attached hydrogens (primary N) is 1. The van der Waals surface area contributed by atoms with E-state index in [9.17, 15) is 8.42 Å². The lowest BCUT2D eigenvalue weighted by molar-refractivity contribution is 0.574. The maximum absolute atomic E-state index is 11.1. The van der Waals surface area contributed by atoms with Crippen molar-refractivity contribution in [2.24, 2.45) is 5.14 Å². The molecule has 2 rings (SSSR count). The first-order chi connectivity index (χ1) is 7.07. The fraction of sp³-hybridized carbons (Fsp3) is 0. The highest BCUT2D eigenvalue weighted by Gasteiger charge is 2.10. The zero-order chi connectivity index (χ0) is 10.9. The van der Waals surface area contributed by atoms with E-state index in [2.05, 4.69) is 4.98 Å². The van der Waals surface area contributed by atoms with Crippen molar-refractivity contribution in [3.8, 4) is 11.5 Å². The Morgan fingerprint density at radius 3 is 2.73 bits per heavy atom. The summed E-state index contributed by atoms with van der Waals surface area (Å²) in [6.07, 6.45) is 2.90. The van der Waals surface area contributed by atoms with Gasteiger partial charge in [-0.3, -0.25) is 0 Å². The van der Waals surface area contributed by atoms with Gasteiger partial charge in [-0.2, -0.15) is 0 Å². The van der Waals surface area contributed by atoms with Crippen LogP contribution in [0.1, 0.15) is 0 Å². The fourth-order valence-corrected chi connectivity index (χ4v) is 1.73. The molecule has 1 heterocycles. The summed E-state index contributed by atoms with van der Waals surface area (Å²) in [6.45, 7) is 0. The number of benzene rings is 1. The van der Waals surface area contributed by atoms with Gasteiger partial charge in [0.15, 0.2) is 0 Å². The average Bonchev–Trinajstić information content (AvgIpc) is 2.69. The second-order valence-corrected chi connectivity index (χ2v) is 4.47. The van der Waals surface area contributed by atoms with Crippen molar-refractivity contribution in [3.05, 3.63) is 36.7 Å². The molecule has 2 aromatic rings. The lowest BCUT2D eigenvalue weighted by Gasteiger charge is -1.99. The molecular formula is C9H8N2O3S. The molecule has 1 aromatic heterocycles. The zero-order valence-corrected chi connectivity index (χ0v) is 8.44. The number of hydrogen-bond acceptors (Lipinski definition) is 4. The largest absolute Gasteiger partial charge is 0.445 e. The van der Waals surface area contributed by atoms with Gasteiger partial charge in [0.1, 0.15) is 6.26 Å². The van der Waals surface area contributed by atoms with Crippen molar-refractivity contribution in [2.45, 2.75) is 4.90 Å². The summed E-state index contributed by atoms with van der Waals surface area (Å²) < 4.78 is 27.2. The Kier molecular flexibility index (Phi) is 2.29. The molecule has 0 bridgehead atoms. The Hall–Kier alpha value is -1.66. The molecule has 0 atom stereocenters. The Morgan fingerprint density at radius 2 is 2.13 bits per heavy atom. The van der Waals surface area contributed by atoms with Crippen molar-refractivity contribution < 1.29 is 12.8 Å². The molecule has 0 spiro atoms. The van der Waals surface area contributed by atoms with Gasteiger partial charge in [0.05, 0.1) is 11.1 Å². The maximum Gasteiger partial charge on any atom is 0.238 e. The van der Waals surface area contributed by atoms with Crippen LogP contribution in [0.25, 0.3) is 11.5 Å². The van der Waals surface area contributed by atoms with Gasteiger partial charge in [0, 0.05) is 5.56 Å². The summed E-state index contributed by atoms with van der Waals surface area (Å²) in [5, 5.41) is 5.00. The van der Waals surface area contributed by atoms with E-state index in [4.69, 9.17) is 9.56 Å². The Labute approximate surface area is 86.6 Å². The van der Waals surface area contributed by atoms with Gasteiger partial charge in [-0.15, -0.1) is 0 Å². The molecule has 0 aliphatic heterocycles. The molecule has 0 radical (unpaired) electrons. The van der Waals surface area contributed by atoms with Crippen LogP contribution < -0.4 is 5.14 Å². The van der Waals surface area contributed by atoms with Gasteiger partial charge in [-0.05, 0) is 18.2 Å². The van der Waals surface area contributed by atoms with Gasteiger partial charge in [0.2, 0.25) is 15.9 Å². The van der Waals surface area contributed by atoms with E-state index >= 15 is 0 Å². The van der Waals surface area contributed by atoms with Crippen LogP contribution in [0.3, 0.4) is 0 Å². The average molecular weight is 224 g/mol. The van der Waals surface area contributed by atoms with Crippen molar-refractivity contribution in [1.82, 2.24) is 4.98 Å². The number of primary sulfonamides is 1. The first-order valence-electron chi connectivity index (χ1n) is 4.10. The van der Waals surface area contributed by atoms with Crippen LogP contribution in [0, 0.1) is 0 Å². The van der Waals surface area contributed by atoms with E-state index in [1.165, 1.54) is 24.6 Å². The minimum absolute atomic E-state index is 0.0400. The minimum atomic E-state index is -3.69. The van der Waals surface area contributed by atoms with E-state index in [1.54, 1.807) is 12.1 Å². The van der Waals surface area contributed by atoms with Crippen molar-refractivity contribution in [3.63, 3.8) is 0 Å². The van der Waals surface area contributed by atoms with Crippen LogP contribution in [-0.4, -0.2) is 13.4 Å². The van der Waals surface area contributed by atoms with Crippen LogP contribution in [-0.2, 0) is 10.0 Å². The lowest BCUT2D eigenvalue weighted by atomic mass is 10.2. The van der Waals surface area contributed by atoms with Gasteiger partial charge in [-0.25, -0.2) is 18.5 Å². The second-order valence-electron chi connectivity index (χ2n) is 2.91. The maximum atomic E-state index is 11.1. The van der Waals surface area contributed by atoms with Crippen molar-refractivity contribution in [1.29, 1.82) is 0 Å². The third kappa shape index (κ3) is 2.05. The predicted octanol–water partition coefficient (Wildman–Crippen LogP) is 0.989. The summed E-state index contributed by atoms with van der Waals surface area (Å²) in [4.78, 5) is 3.95. The highest BCUT2D eigenvalue weighted by atomic mass is 32.2. The Balaban J connectivity index is 2.53. The van der Waals surface area contributed by atoms with Crippen LogP contribution in [0.5, 0.6) is 0 Å². The monoisotopic (exact) mass is 224 g/mol.